The van der Waals surface area contributed by atoms with Crippen molar-refractivity contribution in [1.82, 2.24) is 4.98 Å². The zero-order valence-electron chi connectivity index (χ0n) is 15.9. The van der Waals surface area contributed by atoms with Crippen LogP contribution in [-0.4, -0.2) is 22.7 Å². The Labute approximate surface area is 175 Å². The van der Waals surface area contributed by atoms with E-state index in [-0.39, 0.29) is 17.7 Å². The van der Waals surface area contributed by atoms with Crippen molar-refractivity contribution >= 4 is 50.1 Å². The second kappa shape index (κ2) is 6.89. The van der Waals surface area contributed by atoms with E-state index in [0.717, 1.165) is 20.7 Å². The van der Waals surface area contributed by atoms with E-state index in [4.69, 9.17) is 0 Å². The number of nitrogens with zero attached hydrogens (tertiary/aromatic N) is 2. The lowest BCUT2D eigenvalue weighted by molar-refractivity contribution is 0.0925. The standard InChI is InChI=1S/C23H15N3O3S/c1-13-6-11-18-19(12-13)30-23(24-18)25-20(27)14-7-9-15(10-8-14)26-21(28)16-4-2-3-5-17(16)22(26)29/h2-12H,1H3,(H,24,25,27). The molecule has 1 aliphatic heterocycles. The maximum absolute atomic E-state index is 12.6. The van der Waals surface area contributed by atoms with Gasteiger partial charge in [0.05, 0.1) is 27.0 Å². The van der Waals surface area contributed by atoms with Crippen molar-refractivity contribution in [3.8, 4) is 0 Å². The third-order valence-corrected chi connectivity index (χ3v) is 5.88. The van der Waals surface area contributed by atoms with E-state index >= 15 is 0 Å². The average molecular weight is 413 g/mol. The van der Waals surface area contributed by atoms with Crippen molar-refractivity contribution in [2.45, 2.75) is 6.92 Å². The molecule has 2 heterocycles. The maximum Gasteiger partial charge on any atom is 0.266 e. The van der Waals surface area contributed by atoms with Gasteiger partial charge in [0, 0.05) is 5.56 Å². The molecule has 6 nitrogen and oxygen atoms in total. The lowest BCUT2D eigenvalue weighted by Gasteiger charge is -2.14. The van der Waals surface area contributed by atoms with Crippen LogP contribution >= 0.6 is 11.3 Å². The number of nitrogens with one attached hydrogen (secondary N) is 1. The monoisotopic (exact) mass is 413 g/mol. The molecule has 146 valence electrons. The fourth-order valence-corrected chi connectivity index (χ4v) is 4.40. The van der Waals surface area contributed by atoms with Crippen molar-refractivity contribution in [3.63, 3.8) is 0 Å². The lowest BCUT2D eigenvalue weighted by Crippen LogP contribution is -2.29. The number of carbonyl (C=O) groups is 3. The van der Waals surface area contributed by atoms with Crippen LogP contribution in [0.5, 0.6) is 0 Å². The summed E-state index contributed by atoms with van der Waals surface area (Å²) in [7, 11) is 0. The number of aryl methyl sites for hydroxylation is 1. The second-order valence-corrected chi connectivity index (χ2v) is 8.01. The van der Waals surface area contributed by atoms with Gasteiger partial charge in [-0.3, -0.25) is 19.7 Å². The number of rotatable bonds is 3. The number of anilines is 2. The highest BCUT2D eigenvalue weighted by Gasteiger charge is 2.36. The Balaban J connectivity index is 1.36. The number of hydrogen-bond acceptors (Lipinski definition) is 5. The predicted molar refractivity (Wildman–Crippen MR) is 116 cm³/mol. The van der Waals surface area contributed by atoms with E-state index in [2.05, 4.69) is 10.3 Å². The molecule has 3 amide bonds. The highest BCUT2D eigenvalue weighted by Crippen LogP contribution is 2.29. The van der Waals surface area contributed by atoms with Gasteiger partial charge in [0.2, 0.25) is 0 Å². The van der Waals surface area contributed by atoms with Crippen molar-refractivity contribution < 1.29 is 14.4 Å². The normalized spacial score (nSPS) is 13.0. The molecule has 0 saturated carbocycles. The van der Waals surface area contributed by atoms with E-state index in [9.17, 15) is 14.4 Å². The summed E-state index contributed by atoms with van der Waals surface area (Å²) >= 11 is 1.41. The van der Waals surface area contributed by atoms with E-state index in [0.29, 0.717) is 27.5 Å². The number of imide groups is 1. The van der Waals surface area contributed by atoms with Crippen molar-refractivity contribution in [3.05, 3.63) is 89.0 Å². The Hall–Kier alpha value is -3.84. The molecule has 3 aromatic carbocycles. The fourth-order valence-electron chi connectivity index (χ4n) is 3.44. The van der Waals surface area contributed by atoms with Crippen LogP contribution in [0.25, 0.3) is 10.2 Å². The first-order valence-corrected chi connectivity index (χ1v) is 10.1. The molecule has 0 radical (unpaired) electrons. The minimum Gasteiger partial charge on any atom is -0.298 e. The number of benzene rings is 3. The number of fused-ring (bicyclic) bond motifs is 2. The van der Waals surface area contributed by atoms with Crippen molar-refractivity contribution in [2.75, 3.05) is 10.2 Å². The molecule has 0 atom stereocenters. The van der Waals surface area contributed by atoms with Crippen molar-refractivity contribution in [2.24, 2.45) is 0 Å². The van der Waals surface area contributed by atoms with Gasteiger partial charge < -0.3 is 0 Å². The molecule has 0 aliphatic carbocycles. The van der Waals surface area contributed by atoms with Gasteiger partial charge in [-0.2, -0.15) is 0 Å². The molecule has 0 unspecified atom stereocenters. The van der Waals surface area contributed by atoms with Gasteiger partial charge in [-0.05, 0) is 61.0 Å². The summed E-state index contributed by atoms with van der Waals surface area (Å²) in [6, 6.07) is 19.0. The first kappa shape index (κ1) is 18.2. The number of carbonyl (C=O) groups excluding carboxylic acids is 3. The minimum atomic E-state index is -0.363. The highest BCUT2D eigenvalue weighted by molar-refractivity contribution is 7.22. The molecular formula is C23H15N3O3S. The smallest absolute Gasteiger partial charge is 0.266 e. The van der Waals surface area contributed by atoms with Gasteiger partial charge in [0.15, 0.2) is 5.13 Å². The third-order valence-electron chi connectivity index (χ3n) is 4.95. The van der Waals surface area contributed by atoms with Gasteiger partial charge in [-0.1, -0.05) is 29.5 Å². The fraction of sp³-hybridized carbons (Fsp3) is 0.0435. The van der Waals surface area contributed by atoms with Crippen LogP contribution in [0.2, 0.25) is 0 Å². The van der Waals surface area contributed by atoms with Crippen LogP contribution in [0.15, 0.2) is 66.7 Å². The molecule has 0 fully saturated rings. The Morgan fingerprint density at radius 3 is 2.27 bits per heavy atom. The summed E-state index contributed by atoms with van der Waals surface area (Å²) < 4.78 is 1.01. The Morgan fingerprint density at radius 1 is 0.933 bits per heavy atom. The maximum atomic E-state index is 12.6. The molecule has 0 bridgehead atoms. The summed E-state index contributed by atoms with van der Waals surface area (Å²) in [4.78, 5) is 43.4. The summed E-state index contributed by atoms with van der Waals surface area (Å²) in [5, 5.41) is 3.33. The molecule has 5 rings (SSSR count). The molecule has 1 aromatic heterocycles. The molecule has 0 saturated heterocycles. The van der Waals surface area contributed by atoms with E-state index in [1.165, 1.54) is 11.3 Å². The van der Waals surface area contributed by atoms with Gasteiger partial charge in [0.25, 0.3) is 17.7 Å². The largest absolute Gasteiger partial charge is 0.298 e. The Kier molecular flexibility index (Phi) is 4.18. The predicted octanol–water partition coefficient (Wildman–Crippen LogP) is 4.66. The molecule has 1 N–H and O–H groups in total. The molecule has 4 aromatic rings. The zero-order chi connectivity index (χ0) is 20.8. The topological polar surface area (TPSA) is 79.4 Å². The SMILES string of the molecule is Cc1ccc2nc(NC(=O)c3ccc(N4C(=O)c5ccccc5C4=O)cc3)sc2c1. The van der Waals surface area contributed by atoms with Crippen LogP contribution in [0.4, 0.5) is 10.8 Å². The van der Waals surface area contributed by atoms with Gasteiger partial charge >= 0.3 is 0 Å². The number of hydrogen-bond donors (Lipinski definition) is 1. The summed E-state index contributed by atoms with van der Waals surface area (Å²) in [6.07, 6.45) is 0. The minimum absolute atomic E-state index is 0.306. The van der Waals surface area contributed by atoms with Crippen LogP contribution < -0.4 is 10.2 Å². The Bertz CT molecular complexity index is 1310. The zero-order valence-corrected chi connectivity index (χ0v) is 16.7. The van der Waals surface area contributed by atoms with Gasteiger partial charge in [-0.15, -0.1) is 0 Å². The van der Waals surface area contributed by atoms with E-state index in [1.807, 2.05) is 25.1 Å². The number of amides is 3. The second-order valence-electron chi connectivity index (χ2n) is 6.98. The lowest BCUT2D eigenvalue weighted by atomic mass is 10.1. The quantitative estimate of drug-likeness (QED) is 0.496. The van der Waals surface area contributed by atoms with E-state index < -0.39 is 0 Å². The average Bonchev–Trinajstić information content (AvgIpc) is 3.26. The highest BCUT2D eigenvalue weighted by atomic mass is 32.1. The summed E-state index contributed by atoms with van der Waals surface area (Å²) in [6.45, 7) is 2.01. The number of thiazole rings is 1. The Morgan fingerprint density at radius 2 is 1.60 bits per heavy atom. The summed E-state index contributed by atoms with van der Waals surface area (Å²) in [5.74, 6) is -1.03. The first-order chi connectivity index (χ1) is 14.5. The molecule has 30 heavy (non-hydrogen) atoms. The van der Waals surface area contributed by atoms with Crippen LogP contribution in [0.1, 0.15) is 36.6 Å². The van der Waals surface area contributed by atoms with Crippen molar-refractivity contribution in [1.29, 1.82) is 0 Å². The van der Waals surface area contributed by atoms with E-state index in [1.54, 1.807) is 48.5 Å². The first-order valence-electron chi connectivity index (χ1n) is 9.28. The third kappa shape index (κ3) is 2.96. The molecule has 0 spiro atoms. The van der Waals surface area contributed by atoms with Crippen LogP contribution in [0, 0.1) is 6.92 Å². The molecule has 1 aliphatic rings. The molecular weight excluding hydrogens is 398 g/mol. The van der Waals surface area contributed by atoms with Gasteiger partial charge in [0.1, 0.15) is 0 Å². The molecule has 7 heteroatoms. The number of aromatic nitrogens is 1. The van der Waals surface area contributed by atoms with Gasteiger partial charge in [-0.25, -0.2) is 9.88 Å². The van der Waals surface area contributed by atoms with Crippen LogP contribution in [-0.2, 0) is 0 Å². The van der Waals surface area contributed by atoms with Crippen LogP contribution in [0.3, 0.4) is 0 Å². The summed E-state index contributed by atoms with van der Waals surface area (Å²) in [5.41, 5.74) is 3.57.